The van der Waals surface area contributed by atoms with Gasteiger partial charge >= 0.3 is 0 Å². The van der Waals surface area contributed by atoms with E-state index >= 15 is 0 Å². The van der Waals surface area contributed by atoms with Crippen molar-refractivity contribution in [3.8, 4) is 11.7 Å². The van der Waals surface area contributed by atoms with Crippen molar-refractivity contribution in [3.63, 3.8) is 0 Å². The van der Waals surface area contributed by atoms with Crippen LogP contribution in [0.5, 0.6) is 0 Å². The second kappa shape index (κ2) is 8.96. The van der Waals surface area contributed by atoms with E-state index in [9.17, 15) is 9.59 Å². The summed E-state index contributed by atoms with van der Waals surface area (Å²) in [5, 5.41) is 10.8. The van der Waals surface area contributed by atoms with Crippen LogP contribution in [-0.4, -0.2) is 40.0 Å². The molecule has 0 fully saturated rings. The molecular formula is C19H21N5O4. The largest absolute Gasteiger partial charge is 0.459 e. The van der Waals surface area contributed by atoms with Gasteiger partial charge in [0.1, 0.15) is 0 Å². The molecule has 9 nitrogen and oxygen atoms in total. The number of carbonyl (C=O) groups excluding carboxylic acids is 2. The van der Waals surface area contributed by atoms with Gasteiger partial charge in [0.15, 0.2) is 5.76 Å². The zero-order valence-corrected chi connectivity index (χ0v) is 15.4. The molecule has 3 rings (SSSR count). The first-order valence-electron chi connectivity index (χ1n) is 8.83. The lowest BCUT2D eigenvalue weighted by Crippen LogP contribution is -2.33. The van der Waals surface area contributed by atoms with Gasteiger partial charge in [0.25, 0.3) is 5.89 Å². The summed E-state index contributed by atoms with van der Waals surface area (Å²) < 4.78 is 10.8. The minimum Gasteiger partial charge on any atom is -0.459 e. The molecule has 2 aromatic heterocycles. The molecule has 2 heterocycles. The zero-order chi connectivity index (χ0) is 19.9. The van der Waals surface area contributed by atoms with Crippen molar-refractivity contribution in [3.05, 3.63) is 54.1 Å². The third-order valence-corrected chi connectivity index (χ3v) is 3.92. The molecule has 3 N–H and O–H groups in total. The SMILES string of the molecule is CCCN(CC(=O)Nc1ccc(C(N)=O)cc1)Cc1nnc(-c2ccco2)o1. The number of rotatable bonds is 9. The van der Waals surface area contributed by atoms with Crippen LogP contribution in [0.1, 0.15) is 29.6 Å². The molecule has 3 aromatic rings. The van der Waals surface area contributed by atoms with Crippen LogP contribution >= 0.6 is 0 Å². The van der Waals surface area contributed by atoms with E-state index < -0.39 is 5.91 Å². The van der Waals surface area contributed by atoms with Gasteiger partial charge in [0.2, 0.25) is 17.7 Å². The number of hydrogen-bond acceptors (Lipinski definition) is 7. The Morgan fingerprint density at radius 3 is 2.61 bits per heavy atom. The Morgan fingerprint density at radius 2 is 1.96 bits per heavy atom. The molecule has 0 unspecified atom stereocenters. The van der Waals surface area contributed by atoms with Crippen LogP contribution in [0, 0.1) is 0 Å². The van der Waals surface area contributed by atoms with Crippen LogP contribution in [0.15, 0.2) is 51.5 Å². The van der Waals surface area contributed by atoms with Gasteiger partial charge in [-0.2, -0.15) is 0 Å². The van der Waals surface area contributed by atoms with Crippen LogP contribution in [0.2, 0.25) is 0 Å². The van der Waals surface area contributed by atoms with Crippen LogP contribution < -0.4 is 11.1 Å². The number of benzene rings is 1. The van der Waals surface area contributed by atoms with Gasteiger partial charge < -0.3 is 19.9 Å². The quantitative estimate of drug-likeness (QED) is 0.580. The molecule has 0 atom stereocenters. The smallest absolute Gasteiger partial charge is 0.283 e. The van der Waals surface area contributed by atoms with E-state index in [1.165, 1.54) is 6.26 Å². The Hall–Kier alpha value is -3.46. The second-order valence-corrected chi connectivity index (χ2v) is 6.18. The van der Waals surface area contributed by atoms with Crippen molar-refractivity contribution in [2.75, 3.05) is 18.4 Å². The number of nitrogens with zero attached hydrogens (tertiary/aromatic N) is 3. The number of hydrogen-bond donors (Lipinski definition) is 2. The monoisotopic (exact) mass is 383 g/mol. The minimum atomic E-state index is -0.513. The zero-order valence-electron chi connectivity index (χ0n) is 15.4. The number of primary amides is 1. The molecule has 9 heteroatoms. The summed E-state index contributed by atoms with van der Waals surface area (Å²) in [6, 6.07) is 9.87. The summed E-state index contributed by atoms with van der Waals surface area (Å²) in [6.45, 7) is 3.21. The molecule has 0 radical (unpaired) electrons. The average molecular weight is 383 g/mol. The Morgan fingerprint density at radius 1 is 1.18 bits per heavy atom. The van der Waals surface area contributed by atoms with E-state index in [2.05, 4.69) is 15.5 Å². The van der Waals surface area contributed by atoms with Crippen LogP contribution in [0.3, 0.4) is 0 Å². The van der Waals surface area contributed by atoms with Gasteiger partial charge in [0, 0.05) is 11.3 Å². The molecule has 0 aliphatic carbocycles. The lowest BCUT2D eigenvalue weighted by molar-refractivity contribution is -0.117. The molecule has 146 valence electrons. The maximum Gasteiger partial charge on any atom is 0.283 e. The predicted molar refractivity (Wildman–Crippen MR) is 101 cm³/mol. The summed E-state index contributed by atoms with van der Waals surface area (Å²) in [7, 11) is 0. The number of furan rings is 1. The number of nitrogens with one attached hydrogen (secondary N) is 1. The molecule has 0 bridgehead atoms. The summed E-state index contributed by atoms with van der Waals surface area (Å²) >= 11 is 0. The van der Waals surface area contributed by atoms with E-state index in [4.69, 9.17) is 14.6 Å². The van der Waals surface area contributed by atoms with E-state index in [1.54, 1.807) is 36.4 Å². The van der Waals surface area contributed by atoms with Gasteiger partial charge in [0.05, 0.1) is 19.4 Å². The first kappa shape index (κ1) is 19.3. The van der Waals surface area contributed by atoms with E-state index in [0.29, 0.717) is 41.9 Å². The molecule has 28 heavy (non-hydrogen) atoms. The number of amides is 2. The molecule has 1 aromatic carbocycles. The molecular weight excluding hydrogens is 362 g/mol. The Kier molecular flexibility index (Phi) is 6.18. The van der Waals surface area contributed by atoms with Gasteiger partial charge in [-0.25, -0.2) is 0 Å². The topological polar surface area (TPSA) is 127 Å². The third kappa shape index (κ3) is 5.04. The van der Waals surface area contributed by atoms with E-state index in [-0.39, 0.29) is 12.5 Å². The highest BCUT2D eigenvalue weighted by Crippen LogP contribution is 2.18. The number of carbonyl (C=O) groups is 2. The second-order valence-electron chi connectivity index (χ2n) is 6.18. The van der Waals surface area contributed by atoms with Crippen LogP contribution in [0.25, 0.3) is 11.7 Å². The molecule has 0 saturated carbocycles. The predicted octanol–water partition coefficient (Wildman–Crippen LogP) is 2.28. The molecule has 0 spiro atoms. The standard InChI is InChI=1S/C19H21N5O4/c1-2-9-24(12-17-22-23-19(28-17)15-4-3-10-27-15)11-16(25)21-14-7-5-13(6-8-14)18(20)26/h3-8,10H,2,9,11-12H2,1H3,(H2,20,26)(H,21,25). The fraction of sp³-hybridized carbons (Fsp3) is 0.263. The minimum absolute atomic E-state index is 0.157. The van der Waals surface area contributed by atoms with Gasteiger partial charge in [-0.15, -0.1) is 10.2 Å². The number of aromatic nitrogens is 2. The number of nitrogens with two attached hydrogens (primary N) is 1. The molecule has 0 aliphatic rings. The van der Waals surface area contributed by atoms with E-state index in [1.807, 2.05) is 11.8 Å². The van der Waals surface area contributed by atoms with Crippen molar-refractivity contribution in [1.29, 1.82) is 0 Å². The highest BCUT2D eigenvalue weighted by molar-refractivity contribution is 5.95. The normalized spacial score (nSPS) is 10.9. The van der Waals surface area contributed by atoms with Crippen molar-refractivity contribution in [2.24, 2.45) is 5.73 Å². The van der Waals surface area contributed by atoms with Crippen molar-refractivity contribution in [2.45, 2.75) is 19.9 Å². The van der Waals surface area contributed by atoms with Crippen LogP contribution in [0.4, 0.5) is 5.69 Å². The lowest BCUT2D eigenvalue weighted by atomic mass is 10.2. The van der Waals surface area contributed by atoms with Crippen molar-refractivity contribution in [1.82, 2.24) is 15.1 Å². The molecule has 0 saturated heterocycles. The lowest BCUT2D eigenvalue weighted by Gasteiger charge is -2.19. The molecule has 2 amide bonds. The highest BCUT2D eigenvalue weighted by Gasteiger charge is 2.16. The molecule has 0 aliphatic heterocycles. The summed E-state index contributed by atoms with van der Waals surface area (Å²) in [4.78, 5) is 25.4. The summed E-state index contributed by atoms with van der Waals surface area (Å²) in [5.41, 5.74) is 6.18. The van der Waals surface area contributed by atoms with Gasteiger partial charge in [-0.1, -0.05) is 6.92 Å². The summed E-state index contributed by atoms with van der Waals surface area (Å²) in [6.07, 6.45) is 2.39. The third-order valence-electron chi connectivity index (χ3n) is 3.92. The van der Waals surface area contributed by atoms with Crippen LogP contribution in [-0.2, 0) is 11.3 Å². The fourth-order valence-corrected chi connectivity index (χ4v) is 2.66. The first-order valence-corrected chi connectivity index (χ1v) is 8.83. The number of anilines is 1. The Bertz CT molecular complexity index is 918. The van der Waals surface area contributed by atoms with Crippen molar-refractivity contribution < 1.29 is 18.4 Å². The highest BCUT2D eigenvalue weighted by atomic mass is 16.4. The Labute approximate surface area is 161 Å². The van der Waals surface area contributed by atoms with E-state index in [0.717, 1.165) is 6.42 Å². The maximum atomic E-state index is 12.4. The van der Waals surface area contributed by atoms with Gasteiger partial charge in [-0.05, 0) is 49.4 Å². The maximum absolute atomic E-state index is 12.4. The Balaban J connectivity index is 1.59. The fourth-order valence-electron chi connectivity index (χ4n) is 2.66. The van der Waals surface area contributed by atoms with Crippen molar-refractivity contribution >= 4 is 17.5 Å². The average Bonchev–Trinajstić information content (AvgIpc) is 3.33. The first-order chi connectivity index (χ1) is 13.5. The summed E-state index contributed by atoms with van der Waals surface area (Å²) in [5.74, 6) is 0.498. The van der Waals surface area contributed by atoms with Gasteiger partial charge in [-0.3, -0.25) is 14.5 Å².